The lowest BCUT2D eigenvalue weighted by molar-refractivity contribution is -0.137. The molecule has 8 heteroatoms. The zero-order chi connectivity index (χ0) is 25.1. The van der Waals surface area contributed by atoms with Gasteiger partial charge in [-0.1, -0.05) is 31.2 Å². The van der Waals surface area contributed by atoms with Crippen LogP contribution < -0.4 is 10.2 Å². The molecule has 2 N–H and O–H groups in total. The van der Waals surface area contributed by atoms with E-state index in [0.717, 1.165) is 22.4 Å². The molecule has 4 rings (SSSR count). The summed E-state index contributed by atoms with van der Waals surface area (Å²) in [6.07, 6.45) is 1.79. The zero-order valence-electron chi connectivity index (χ0n) is 20.2. The maximum atomic E-state index is 12.9. The number of likely N-dealkylation sites (N-methyl/N-ethyl adjacent to an activating group) is 1. The van der Waals surface area contributed by atoms with Crippen molar-refractivity contribution >= 4 is 40.4 Å². The molecule has 1 atom stereocenters. The summed E-state index contributed by atoms with van der Waals surface area (Å²) in [5.74, 6) is -1.18. The summed E-state index contributed by atoms with van der Waals surface area (Å²) in [6.45, 7) is 5.86. The van der Waals surface area contributed by atoms with Crippen LogP contribution in [-0.2, 0) is 16.0 Å². The van der Waals surface area contributed by atoms with Crippen molar-refractivity contribution < 1.29 is 19.1 Å². The molecule has 0 saturated carbocycles. The first kappa shape index (κ1) is 23.9. The van der Waals surface area contributed by atoms with Crippen molar-refractivity contribution in [3.8, 4) is 0 Å². The molecule has 8 nitrogen and oxygen atoms in total. The van der Waals surface area contributed by atoms with Gasteiger partial charge in [0.05, 0.1) is 24.7 Å². The van der Waals surface area contributed by atoms with Crippen LogP contribution >= 0.6 is 0 Å². The number of hydrogen-bond acceptors (Lipinski definition) is 6. The molecule has 180 valence electrons. The van der Waals surface area contributed by atoms with Gasteiger partial charge in [-0.05, 0) is 54.8 Å². The van der Waals surface area contributed by atoms with Crippen LogP contribution in [-0.4, -0.2) is 34.0 Å². The Hall–Kier alpha value is -4.20. The standard InChI is InChI=1S/C27H28N4O4/c1-16-6-5-7-17(2)26(16)30-27-29-22-10-8-19(13-23(22)35-27)14-24(32)31(4)20-9-11-21(28-15-20)18(3)12-25(33)34/h5-11,13,15,18H,12,14H2,1-4H3,(H,29,30)(H,33,34). The topological polar surface area (TPSA) is 109 Å². The van der Waals surface area contributed by atoms with Crippen LogP contribution in [0.1, 0.15) is 41.6 Å². The highest BCUT2D eigenvalue weighted by Gasteiger charge is 2.16. The molecule has 1 amide bonds. The molecule has 0 aliphatic heterocycles. The van der Waals surface area contributed by atoms with Crippen molar-refractivity contribution in [2.45, 2.75) is 39.5 Å². The number of carboxylic acids is 1. The predicted molar refractivity (Wildman–Crippen MR) is 135 cm³/mol. The van der Waals surface area contributed by atoms with Gasteiger partial charge in [0, 0.05) is 24.3 Å². The Morgan fingerprint density at radius 2 is 1.86 bits per heavy atom. The number of fused-ring (bicyclic) bond motifs is 1. The maximum absolute atomic E-state index is 12.9. The highest BCUT2D eigenvalue weighted by molar-refractivity contribution is 5.94. The monoisotopic (exact) mass is 472 g/mol. The second kappa shape index (κ2) is 9.97. The van der Waals surface area contributed by atoms with Crippen molar-refractivity contribution in [3.63, 3.8) is 0 Å². The van der Waals surface area contributed by atoms with Gasteiger partial charge in [0.15, 0.2) is 5.58 Å². The number of anilines is 3. The summed E-state index contributed by atoms with van der Waals surface area (Å²) < 4.78 is 5.91. The third kappa shape index (κ3) is 5.48. The summed E-state index contributed by atoms with van der Waals surface area (Å²) >= 11 is 0. The number of aliphatic carboxylic acids is 1. The van der Waals surface area contributed by atoms with E-state index in [1.54, 1.807) is 25.4 Å². The van der Waals surface area contributed by atoms with Crippen molar-refractivity contribution in [2.75, 3.05) is 17.3 Å². The van der Waals surface area contributed by atoms with Crippen molar-refractivity contribution in [3.05, 3.63) is 77.1 Å². The number of para-hydroxylation sites is 1. The third-order valence-electron chi connectivity index (χ3n) is 6.04. The number of carbonyl (C=O) groups is 2. The predicted octanol–water partition coefficient (Wildman–Crippen LogP) is 5.37. The Morgan fingerprint density at radius 1 is 1.11 bits per heavy atom. The van der Waals surface area contributed by atoms with Gasteiger partial charge in [0.2, 0.25) is 5.91 Å². The molecule has 35 heavy (non-hydrogen) atoms. The van der Waals surface area contributed by atoms with Crippen LogP contribution in [0.15, 0.2) is 59.1 Å². The Bertz CT molecular complexity index is 1360. The Balaban J connectivity index is 1.45. The maximum Gasteiger partial charge on any atom is 0.304 e. The van der Waals surface area contributed by atoms with E-state index in [4.69, 9.17) is 9.52 Å². The first-order valence-electron chi connectivity index (χ1n) is 11.4. The largest absolute Gasteiger partial charge is 0.481 e. The van der Waals surface area contributed by atoms with E-state index >= 15 is 0 Å². The average Bonchev–Trinajstić information content (AvgIpc) is 3.22. The first-order valence-corrected chi connectivity index (χ1v) is 11.4. The summed E-state index contributed by atoms with van der Waals surface area (Å²) in [7, 11) is 1.69. The van der Waals surface area contributed by atoms with Gasteiger partial charge in [-0.25, -0.2) is 0 Å². The SMILES string of the molecule is Cc1cccc(C)c1Nc1nc2ccc(CC(=O)N(C)c3ccc(C(C)CC(=O)O)nc3)cc2o1. The van der Waals surface area contributed by atoms with Gasteiger partial charge in [-0.15, -0.1) is 0 Å². The highest BCUT2D eigenvalue weighted by atomic mass is 16.4. The zero-order valence-corrected chi connectivity index (χ0v) is 20.2. The van der Waals surface area contributed by atoms with E-state index < -0.39 is 5.97 Å². The van der Waals surface area contributed by atoms with E-state index in [1.807, 2.05) is 57.2 Å². The molecule has 0 fully saturated rings. The Kier molecular flexibility index (Phi) is 6.82. The molecule has 0 saturated heterocycles. The molecule has 2 heterocycles. The number of rotatable bonds is 8. The fourth-order valence-electron chi connectivity index (χ4n) is 3.94. The Labute approximate surface area is 203 Å². The van der Waals surface area contributed by atoms with Gasteiger partial charge in [0.25, 0.3) is 6.01 Å². The van der Waals surface area contributed by atoms with Crippen LogP contribution in [0.4, 0.5) is 17.4 Å². The second-order valence-electron chi connectivity index (χ2n) is 8.78. The molecule has 2 aromatic carbocycles. The summed E-state index contributed by atoms with van der Waals surface area (Å²) in [6, 6.07) is 15.6. The number of aromatic nitrogens is 2. The molecule has 0 aliphatic carbocycles. The molecule has 0 radical (unpaired) electrons. The smallest absolute Gasteiger partial charge is 0.304 e. The number of hydrogen-bond donors (Lipinski definition) is 2. The third-order valence-corrected chi connectivity index (χ3v) is 6.04. The number of oxazole rings is 1. The number of amides is 1. The fourth-order valence-corrected chi connectivity index (χ4v) is 3.94. The average molecular weight is 473 g/mol. The number of pyridine rings is 1. The summed E-state index contributed by atoms with van der Waals surface area (Å²) in [5.41, 5.74) is 6.60. The normalized spacial score (nSPS) is 11.9. The number of nitrogens with one attached hydrogen (secondary N) is 1. The number of carboxylic acid groups (broad SMARTS) is 1. The van der Waals surface area contributed by atoms with Crippen molar-refractivity contribution in [1.29, 1.82) is 0 Å². The molecule has 0 bridgehead atoms. The number of aryl methyl sites for hydroxylation is 2. The number of benzene rings is 2. The van der Waals surface area contributed by atoms with Crippen LogP contribution in [0.2, 0.25) is 0 Å². The lowest BCUT2D eigenvalue weighted by atomic mass is 10.0. The molecular weight excluding hydrogens is 444 g/mol. The van der Waals surface area contributed by atoms with Crippen LogP contribution in [0, 0.1) is 13.8 Å². The van der Waals surface area contributed by atoms with Gasteiger partial charge in [0.1, 0.15) is 5.52 Å². The minimum atomic E-state index is -0.868. The molecule has 1 unspecified atom stereocenters. The van der Waals surface area contributed by atoms with E-state index in [9.17, 15) is 9.59 Å². The summed E-state index contributed by atoms with van der Waals surface area (Å²) in [5, 5.41) is 12.2. The van der Waals surface area contributed by atoms with Gasteiger partial charge >= 0.3 is 5.97 Å². The molecule has 4 aromatic rings. The summed E-state index contributed by atoms with van der Waals surface area (Å²) in [4.78, 5) is 34.2. The second-order valence-corrected chi connectivity index (χ2v) is 8.78. The molecule has 2 aromatic heterocycles. The van der Waals surface area contributed by atoms with Crippen LogP contribution in [0.5, 0.6) is 0 Å². The highest BCUT2D eigenvalue weighted by Crippen LogP contribution is 2.27. The quantitative estimate of drug-likeness (QED) is 0.355. The minimum absolute atomic E-state index is 0.00697. The number of nitrogens with zero attached hydrogens (tertiary/aromatic N) is 3. The fraction of sp³-hybridized carbons (Fsp3) is 0.259. The van der Waals surface area contributed by atoms with Crippen LogP contribution in [0.25, 0.3) is 11.1 Å². The van der Waals surface area contributed by atoms with Crippen LogP contribution in [0.3, 0.4) is 0 Å². The van der Waals surface area contributed by atoms with E-state index in [1.165, 1.54) is 4.90 Å². The van der Waals surface area contributed by atoms with Crippen molar-refractivity contribution in [1.82, 2.24) is 9.97 Å². The van der Waals surface area contributed by atoms with Gasteiger partial charge in [-0.3, -0.25) is 14.6 Å². The molecule has 0 aliphatic rings. The van der Waals surface area contributed by atoms with Gasteiger partial charge < -0.3 is 19.7 Å². The van der Waals surface area contributed by atoms with E-state index in [2.05, 4.69) is 15.3 Å². The van der Waals surface area contributed by atoms with Gasteiger partial charge in [-0.2, -0.15) is 4.98 Å². The van der Waals surface area contributed by atoms with Crippen molar-refractivity contribution in [2.24, 2.45) is 0 Å². The lowest BCUT2D eigenvalue weighted by Gasteiger charge is -2.18. The lowest BCUT2D eigenvalue weighted by Crippen LogP contribution is -2.28. The number of carbonyl (C=O) groups excluding carboxylic acids is 1. The molecular formula is C27H28N4O4. The van der Waals surface area contributed by atoms with E-state index in [0.29, 0.717) is 28.5 Å². The molecule has 0 spiro atoms. The van der Waals surface area contributed by atoms with E-state index in [-0.39, 0.29) is 24.7 Å². The minimum Gasteiger partial charge on any atom is -0.481 e. The first-order chi connectivity index (χ1) is 16.7. The Morgan fingerprint density at radius 3 is 2.51 bits per heavy atom.